The molecular formula is C11H19NO4. The standard InChI is InChI=1S/C11H19NO4/c1-6(13)5-14-8-4-7(12)9-10(8)16-11(2,3)15-9/h7-10H,4-5,12H2,1-3H3. The molecule has 5 heteroatoms. The van der Waals surface area contributed by atoms with Crippen molar-refractivity contribution < 1.29 is 19.0 Å². The van der Waals surface area contributed by atoms with E-state index in [2.05, 4.69) is 0 Å². The Morgan fingerprint density at radius 2 is 2.06 bits per heavy atom. The van der Waals surface area contributed by atoms with Crippen LogP contribution in [0.15, 0.2) is 0 Å². The van der Waals surface area contributed by atoms with Crippen LogP contribution in [0.5, 0.6) is 0 Å². The number of nitrogens with two attached hydrogens (primary N) is 1. The van der Waals surface area contributed by atoms with Gasteiger partial charge in [0.1, 0.15) is 18.8 Å². The zero-order valence-electron chi connectivity index (χ0n) is 9.93. The lowest BCUT2D eigenvalue weighted by Crippen LogP contribution is -2.35. The summed E-state index contributed by atoms with van der Waals surface area (Å²) in [5.41, 5.74) is 5.97. The van der Waals surface area contributed by atoms with Crippen molar-refractivity contribution >= 4 is 5.78 Å². The van der Waals surface area contributed by atoms with Crippen LogP contribution in [0.2, 0.25) is 0 Å². The van der Waals surface area contributed by atoms with Crippen LogP contribution in [-0.4, -0.2) is 42.5 Å². The van der Waals surface area contributed by atoms with Gasteiger partial charge in [-0.25, -0.2) is 0 Å². The SMILES string of the molecule is CC(=O)COC1CC(N)C2OC(C)(C)OC12. The Balaban J connectivity index is 1.99. The molecule has 5 nitrogen and oxygen atoms in total. The van der Waals surface area contributed by atoms with Crippen LogP contribution in [0.1, 0.15) is 27.2 Å². The topological polar surface area (TPSA) is 70.8 Å². The number of hydrogen-bond donors (Lipinski definition) is 1. The number of fused-ring (bicyclic) bond motifs is 1. The minimum atomic E-state index is -0.606. The molecule has 1 aliphatic carbocycles. The van der Waals surface area contributed by atoms with Crippen molar-refractivity contribution in [1.82, 2.24) is 0 Å². The summed E-state index contributed by atoms with van der Waals surface area (Å²) < 4.78 is 17.0. The first-order valence-corrected chi connectivity index (χ1v) is 5.61. The van der Waals surface area contributed by atoms with E-state index >= 15 is 0 Å². The quantitative estimate of drug-likeness (QED) is 0.749. The van der Waals surface area contributed by atoms with E-state index in [0.29, 0.717) is 6.42 Å². The second kappa shape index (κ2) is 4.07. The maximum atomic E-state index is 10.9. The summed E-state index contributed by atoms with van der Waals surface area (Å²) in [6.07, 6.45) is 0.278. The van der Waals surface area contributed by atoms with E-state index in [-0.39, 0.29) is 36.7 Å². The summed E-state index contributed by atoms with van der Waals surface area (Å²) in [5, 5.41) is 0. The second-order valence-corrected chi connectivity index (χ2v) is 5.02. The van der Waals surface area contributed by atoms with Crippen molar-refractivity contribution in [2.45, 2.75) is 57.3 Å². The Hall–Kier alpha value is -0.490. The fourth-order valence-corrected chi connectivity index (χ4v) is 2.36. The predicted octanol–water partition coefficient (Wildman–Crippen LogP) is 0.212. The van der Waals surface area contributed by atoms with Gasteiger partial charge in [0.2, 0.25) is 0 Å². The van der Waals surface area contributed by atoms with E-state index in [1.807, 2.05) is 13.8 Å². The lowest BCUT2D eigenvalue weighted by Gasteiger charge is -2.22. The van der Waals surface area contributed by atoms with Gasteiger partial charge >= 0.3 is 0 Å². The maximum absolute atomic E-state index is 10.9. The highest BCUT2D eigenvalue weighted by molar-refractivity contribution is 5.76. The molecule has 4 atom stereocenters. The molecule has 1 saturated carbocycles. The lowest BCUT2D eigenvalue weighted by molar-refractivity contribution is -0.168. The molecule has 0 aromatic rings. The second-order valence-electron chi connectivity index (χ2n) is 5.02. The van der Waals surface area contributed by atoms with Crippen LogP contribution in [-0.2, 0) is 19.0 Å². The molecule has 2 N–H and O–H groups in total. The third kappa shape index (κ3) is 2.27. The molecule has 1 aliphatic heterocycles. The van der Waals surface area contributed by atoms with Crippen molar-refractivity contribution in [2.24, 2.45) is 5.73 Å². The number of carbonyl (C=O) groups excluding carboxylic acids is 1. The highest BCUT2D eigenvalue weighted by atomic mass is 16.8. The Kier molecular flexibility index (Phi) is 3.05. The van der Waals surface area contributed by atoms with Crippen molar-refractivity contribution in [3.63, 3.8) is 0 Å². The first-order valence-electron chi connectivity index (χ1n) is 5.61. The first-order chi connectivity index (χ1) is 7.39. The van der Waals surface area contributed by atoms with Gasteiger partial charge < -0.3 is 19.9 Å². The van der Waals surface area contributed by atoms with E-state index in [9.17, 15) is 4.79 Å². The average molecular weight is 229 g/mol. The Morgan fingerprint density at radius 3 is 2.69 bits per heavy atom. The van der Waals surface area contributed by atoms with E-state index < -0.39 is 5.79 Å². The molecule has 16 heavy (non-hydrogen) atoms. The van der Waals surface area contributed by atoms with Crippen LogP contribution >= 0.6 is 0 Å². The van der Waals surface area contributed by atoms with Gasteiger partial charge in [-0.05, 0) is 27.2 Å². The van der Waals surface area contributed by atoms with Crippen LogP contribution in [0.3, 0.4) is 0 Å². The highest BCUT2D eigenvalue weighted by Gasteiger charge is 2.53. The molecule has 2 fully saturated rings. The Bertz CT molecular complexity index is 292. The minimum Gasteiger partial charge on any atom is -0.368 e. The van der Waals surface area contributed by atoms with Gasteiger partial charge in [-0.15, -0.1) is 0 Å². The fourth-order valence-electron chi connectivity index (χ4n) is 2.36. The number of hydrogen-bond acceptors (Lipinski definition) is 5. The molecule has 1 heterocycles. The summed E-state index contributed by atoms with van der Waals surface area (Å²) in [4.78, 5) is 10.9. The van der Waals surface area contributed by atoms with Crippen LogP contribution < -0.4 is 5.73 Å². The average Bonchev–Trinajstić information content (AvgIpc) is 2.59. The van der Waals surface area contributed by atoms with E-state index in [4.69, 9.17) is 19.9 Å². The molecule has 2 aliphatic rings. The summed E-state index contributed by atoms with van der Waals surface area (Å²) >= 11 is 0. The molecule has 0 bridgehead atoms. The molecular weight excluding hydrogens is 210 g/mol. The number of ketones is 1. The minimum absolute atomic E-state index is 0.00944. The lowest BCUT2D eigenvalue weighted by atomic mass is 10.2. The number of carbonyl (C=O) groups is 1. The molecule has 4 unspecified atom stereocenters. The zero-order valence-corrected chi connectivity index (χ0v) is 9.93. The van der Waals surface area contributed by atoms with E-state index in [1.54, 1.807) is 0 Å². The van der Waals surface area contributed by atoms with E-state index in [0.717, 1.165) is 0 Å². The van der Waals surface area contributed by atoms with Crippen LogP contribution in [0.4, 0.5) is 0 Å². The molecule has 2 rings (SSSR count). The molecule has 0 radical (unpaired) electrons. The monoisotopic (exact) mass is 229 g/mol. The summed E-state index contributed by atoms with van der Waals surface area (Å²) in [6, 6.07) is -0.0799. The molecule has 92 valence electrons. The molecule has 0 aromatic carbocycles. The van der Waals surface area contributed by atoms with Crippen molar-refractivity contribution in [3.8, 4) is 0 Å². The molecule has 0 amide bonds. The maximum Gasteiger partial charge on any atom is 0.163 e. The van der Waals surface area contributed by atoms with Gasteiger partial charge in [-0.3, -0.25) is 4.79 Å². The fraction of sp³-hybridized carbons (Fsp3) is 0.909. The van der Waals surface area contributed by atoms with E-state index in [1.165, 1.54) is 6.92 Å². The first kappa shape index (κ1) is 12.0. The van der Waals surface area contributed by atoms with Gasteiger partial charge in [0, 0.05) is 6.04 Å². The smallest absolute Gasteiger partial charge is 0.163 e. The van der Waals surface area contributed by atoms with Crippen molar-refractivity contribution in [1.29, 1.82) is 0 Å². The number of rotatable bonds is 3. The van der Waals surface area contributed by atoms with Crippen molar-refractivity contribution in [3.05, 3.63) is 0 Å². The van der Waals surface area contributed by atoms with Gasteiger partial charge in [0.05, 0.1) is 6.10 Å². The van der Waals surface area contributed by atoms with Gasteiger partial charge in [0.25, 0.3) is 0 Å². The summed E-state index contributed by atoms with van der Waals surface area (Å²) in [5.74, 6) is -0.597. The normalized spacial score (nSPS) is 41.0. The highest BCUT2D eigenvalue weighted by Crippen LogP contribution is 2.38. The van der Waals surface area contributed by atoms with Crippen LogP contribution in [0, 0.1) is 0 Å². The van der Waals surface area contributed by atoms with Gasteiger partial charge in [0.15, 0.2) is 11.6 Å². The van der Waals surface area contributed by atoms with Crippen molar-refractivity contribution in [2.75, 3.05) is 6.61 Å². The molecule has 0 spiro atoms. The molecule has 0 aromatic heterocycles. The third-order valence-corrected chi connectivity index (χ3v) is 2.96. The van der Waals surface area contributed by atoms with Gasteiger partial charge in [-0.2, -0.15) is 0 Å². The number of ether oxygens (including phenoxy) is 3. The Labute approximate surface area is 95.2 Å². The predicted molar refractivity (Wildman–Crippen MR) is 56.8 cm³/mol. The Morgan fingerprint density at radius 1 is 1.44 bits per heavy atom. The zero-order chi connectivity index (χ0) is 11.9. The summed E-state index contributed by atoms with van der Waals surface area (Å²) in [7, 11) is 0. The number of Topliss-reactive ketones (excluding diaryl/α,β-unsaturated/α-hetero) is 1. The molecule has 1 saturated heterocycles. The van der Waals surface area contributed by atoms with Gasteiger partial charge in [-0.1, -0.05) is 0 Å². The summed E-state index contributed by atoms with van der Waals surface area (Å²) in [6.45, 7) is 5.34. The largest absolute Gasteiger partial charge is 0.368 e. The third-order valence-electron chi connectivity index (χ3n) is 2.96. The van der Waals surface area contributed by atoms with Crippen LogP contribution in [0.25, 0.3) is 0 Å².